The number of nitrogens with two attached hydrogens (primary N) is 1. The third kappa shape index (κ3) is 3.55. The largest absolute Gasteiger partial charge is 0.399 e. The molecule has 0 radical (unpaired) electrons. The van der Waals surface area contributed by atoms with E-state index in [0.717, 1.165) is 28.5 Å². The number of halogens is 2. The quantitative estimate of drug-likeness (QED) is 0.835. The van der Waals surface area contributed by atoms with E-state index in [-0.39, 0.29) is 0 Å². The molecule has 0 atom stereocenters. The number of nitrogens with zero attached hydrogens (tertiary/aromatic N) is 1. The Hall–Kier alpha value is -1.38. The first-order chi connectivity index (χ1) is 9.10. The van der Waals surface area contributed by atoms with Gasteiger partial charge in [0.1, 0.15) is 0 Å². The maximum absolute atomic E-state index is 6.21. The fourth-order valence-corrected chi connectivity index (χ4v) is 2.35. The van der Waals surface area contributed by atoms with Crippen molar-refractivity contribution >= 4 is 34.6 Å². The van der Waals surface area contributed by atoms with Crippen LogP contribution in [0.25, 0.3) is 0 Å². The summed E-state index contributed by atoms with van der Waals surface area (Å²) in [5.41, 5.74) is 8.68. The molecule has 0 fully saturated rings. The van der Waals surface area contributed by atoms with E-state index in [2.05, 4.69) is 11.8 Å². The van der Waals surface area contributed by atoms with Crippen molar-refractivity contribution in [1.82, 2.24) is 0 Å². The summed E-state index contributed by atoms with van der Waals surface area (Å²) in [6.45, 7) is 3.67. The van der Waals surface area contributed by atoms with E-state index in [0.29, 0.717) is 11.6 Å². The first-order valence-corrected chi connectivity index (χ1v) is 6.90. The average Bonchev–Trinajstić information content (AvgIpc) is 2.39. The molecule has 0 spiro atoms. The normalized spacial score (nSPS) is 10.5. The van der Waals surface area contributed by atoms with Gasteiger partial charge < -0.3 is 10.6 Å². The molecule has 2 rings (SSSR count). The molecule has 19 heavy (non-hydrogen) atoms. The van der Waals surface area contributed by atoms with Gasteiger partial charge in [-0.2, -0.15) is 0 Å². The Morgan fingerprint density at radius 2 is 1.89 bits per heavy atom. The molecule has 2 N–H and O–H groups in total. The molecule has 0 saturated carbocycles. The lowest BCUT2D eigenvalue weighted by Crippen LogP contribution is -2.22. The molecule has 2 aromatic carbocycles. The molecular formula is C15H16Cl2N2. The number of benzene rings is 2. The number of rotatable bonds is 4. The van der Waals surface area contributed by atoms with Gasteiger partial charge in [-0.1, -0.05) is 29.3 Å². The maximum Gasteiger partial charge on any atom is 0.0456 e. The second-order valence-electron chi connectivity index (χ2n) is 4.34. The minimum atomic E-state index is 0.697. The number of anilines is 2. The van der Waals surface area contributed by atoms with Crippen LogP contribution in [0.5, 0.6) is 0 Å². The molecule has 4 heteroatoms. The van der Waals surface area contributed by atoms with Crippen molar-refractivity contribution in [3.63, 3.8) is 0 Å². The van der Waals surface area contributed by atoms with Crippen LogP contribution in [0.2, 0.25) is 10.0 Å². The van der Waals surface area contributed by atoms with Crippen LogP contribution in [0.15, 0.2) is 42.5 Å². The molecule has 0 aliphatic rings. The molecular weight excluding hydrogens is 279 g/mol. The third-order valence-electron chi connectivity index (χ3n) is 2.99. The van der Waals surface area contributed by atoms with Crippen LogP contribution in [0.3, 0.4) is 0 Å². The van der Waals surface area contributed by atoms with Crippen LogP contribution in [-0.4, -0.2) is 6.54 Å². The van der Waals surface area contributed by atoms with Crippen molar-refractivity contribution in [1.29, 1.82) is 0 Å². The van der Waals surface area contributed by atoms with Gasteiger partial charge in [-0.3, -0.25) is 0 Å². The smallest absolute Gasteiger partial charge is 0.0456 e. The fourth-order valence-electron chi connectivity index (χ4n) is 1.98. The SMILES string of the molecule is CCN(Cc1cc(Cl)ccc1Cl)c1cccc(N)c1. The van der Waals surface area contributed by atoms with Crippen LogP contribution in [0.1, 0.15) is 12.5 Å². The Morgan fingerprint density at radius 1 is 1.11 bits per heavy atom. The van der Waals surface area contributed by atoms with Crippen molar-refractivity contribution in [3.8, 4) is 0 Å². The first kappa shape index (κ1) is 14.0. The maximum atomic E-state index is 6.21. The van der Waals surface area contributed by atoms with Crippen LogP contribution >= 0.6 is 23.2 Å². The average molecular weight is 295 g/mol. The summed E-state index contributed by atoms with van der Waals surface area (Å²) in [7, 11) is 0. The molecule has 100 valence electrons. The summed E-state index contributed by atoms with van der Waals surface area (Å²) in [5.74, 6) is 0. The summed E-state index contributed by atoms with van der Waals surface area (Å²) in [6, 6.07) is 13.4. The highest BCUT2D eigenvalue weighted by atomic mass is 35.5. The van der Waals surface area contributed by atoms with E-state index >= 15 is 0 Å². The lowest BCUT2D eigenvalue weighted by molar-refractivity contribution is 0.832. The highest BCUT2D eigenvalue weighted by Crippen LogP contribution is 2.25. The van der Waals surface area contributed by atoms with Crippen molar-refractivity contribution in [2.75, 3.05) is 17.2 Å². The summed E-state index contributed by atoms with van der Waals surface area (Å²) in [4.78, 5) is 2.20. The summed E-state index contributed by atoms with van der Waals surface area (Å²) in [6.07, 6.45) is 0. The second kappa shape index (κ2) is 6.18. The van der Waals surface area contributed by atoms with Gasteiger partial charge in [-0.15, -0.1) is 0 Å². The van der Waals surface area contributed by atoms with Crippen molar-refractivity contribution in [2.45, 2.75) is 13.5 Å². The minimum Gasteiger partial charge on any atom is -0.399 e. The molecule has 0 bridgehead atoms. The molecule has 0 amide bonds. The van der Waals surface area contributed by atoms with E-state index in [9.17, 15) is 0 Å². The molecule has 0 aliphatic carbocycles. The zero-order valence-electron chi connectivity index (χ0n) is 10.7. The fraction of sp³-hybridized carbons (Fsp3) is 0.200. The Labute approximate surface area is 123 Å². The molecule has 2 aromatic rings. The van der Waals surface area contributed by atoms with Gasteiger partial charge in [0, 0.05) is 34.5 Å². The zero-order valence-corrected chi connectivity index (χ0v) is 12.2. The second-order valence-corrected chi connectivity index (χ2v) is 5.19. The topological polar surface area (TPSA) is 29.3 Å². The van der Waals surface area contributed by atoms with Gasteiger partial charge in [0.15, 0.2) is 0 Å². The monoisotopic (exact) mass is 294 g/mol. The van der Waals surface area contributed by atoms with Crippen LogP contribution < -0.4 is 10.6 Å². The predicted octanol–water partition coefficient (Wildman–Crippen LogP) is 4.60. The molecule has 0 unspecified atom stereocenters. The highest BCUT2D eigenvalue weighted by molar-refractivity contribution is 6.33. The number of nitrogen functional groups attached to an aromatic ring is 1. The van der Waals surface area contributed by atoms with E-state index in [1.807, 2.05) is 36.4 Å². The lowest BCUT2D eigenvalue weighted by Gasteiger charge is -2.24. The Kier molecular flexibility index (Phi) is 4.56. The van der Waals surface area contributed by atoms with Crippen molar-refractivity contribution in [3.05, 3.63) is 58.1 Å². The lowest BCUT2D eigenvalue weighted by atomic mass is 10.2. The number of hydrogen-bond acceptors (Lipinski definition) is 2. The molecule has 0 aromatic heterocycles. The van der Waals surface area contributed by atoms with E-state index < -0.39 is 0 Å². The Bertz CT molecular complexity index is 570. The molecule has 0 saturated heterocycles. The molecule has 0 aliphatic heterocycles. The van der Waals surface area contributed by atoms with E-state index in [1.54, 1.807) is 6.07 Å². The van der Waals surface area contributed by atoms with Gasteiger partial charge in [0.05, 0.1) is 0 Å². The summed E-state index contributed by atoms with van der Waals surface area (Å²) >= 11 is 12.2. The van der Waals surface area contributed by atoms with Crippen LogP contribution in [-0.2, 0) is 6.54 Å². The predicted molar refractivity (Wildman–Crippen MR) is 84.0 cm³/mol. The van der Waals surface area contributed by atoms with Crippen molar-refractivity contribution in [2.24, 2.45) is 0 Å². The van der Waals surface area contributed by atoms with Gasteiger partial charge >= 0.3 is 0 Å². The van der Waals surface area contributed by atoms with E-state index in [4.69, 9.17) is 28.9 Å². The molecule has 2 nitrogen and oxygen atoms in total. The van der Waals surface area contributed by atoms with Gasteiger partial charge in [0.25, 0.3) is 0 Å². The van der Waals surface area contributed by atoms with Gasteiger partial charge in [0.2, 0.25) is 0 Å². The van der Waals surface area contributed by atoms with Crippen LogP contribution in [0.4, 0.5) is 11.4 Å². The molecule has 0 heterocycles. The minimum absolute atomic E-state index is 0.697. The standard InChI is InChI=1S/C15H16Cl2N2/c1-2-19(14-5-3-4-13(18)9-14)10-11-8-12(16)6-7-15(11)17/h3-9H,2,10,18H2,1H3. The van der Waals surface area contributed by atoms with Gasteiger partial charge in [-0.25, -0.2) is 0 Å². The summed E-state index contributed by atoms with van der Waals surface area (Å²) < 4.78 is 0. The van der Waals surface area contributed by atoms with Crippen molar-refractivity contribution < 1.29 is 0 Å². The highest BCUT2D eigenvalue weighted by Gasteiger charge is 2.09. The Balaban J connectivity index is 2.26. The summed E-state index contributed by atoms with van der Waals surface area (Å²) in [5, 5.41) is 1.43. The van der Waals surface area contributed by atoms with Gasteiger partial charge in [-0.05, 0) is 48.9 Å². The first-order valence-electron chi connectivity index (χ1n) is 6.14. The van der Waals surface area contributed by atoms with Crippen LogP contribution in [0, 0.1) is 0 Å². The number of hydrogen-bond donors (Lipinski definition) is 1. The Morgan fingerprint density at radius 3 is 2.58 bits per heavy atom. The zero-order chi connectivity index (χ0) is 13.8. The van der Waals surface area contributed by atoms with E-state index in [1.165, 1.54) is 0 Å². The third-order valence-corrected chi connectivity index (χ3v) is 3.59.